The molecule has 190 valence electrons. The molecule has 6 nitrogen and oxygen atoms in total. The van der Waals surface area contributed by atoms with Crippen LogP contribution in [0.4, 0.5) is 13.2 Å². The molecule has 0 saturated carbocycles. The smallest absolute Gasteiger partial charge is 0.303 e. The van der Waals surface area contributed by atoms with Crippen molar-refractivity contribution in [3.63, 3.8) is 0 Å². The van der Waals surface area contributed by atoms with Crippen LogP contribution in [0.15, 0.2) is 30.3 Å². The lowest BCUT2D eigenvalue weighted by atomic mass is 9.73. The Balaban J connectivity index is 2.51. The molecule has 0 spiro atoms. The summed E-state index contributed by atoms with van der Waals surface area (Å²) in [4.78, 5) is 11.2. The highest BCUT2D eigenvalue weighted by molar-refractivity contribution is 5.94. The van der Waals surface area contributed by atoms with Crippen molar-refractivity contribution < 1.29 is 38.0 Å². The van der Waals surface area contributed by atoms with E-state index in [9.17, 15) is 28.2 Å². The SMILES string of the molecule is COCC(C)(CCCC(=O)O)c1c(C(C)(C)CO)n(-c2ccc(F)c(F)c2)c2cc(F)cc(O)c12. The maximum atomic E-state index is 14.5. The number of benzene rings is 2. The van der Waals surface area contributed by atoms with E-state index in [1.807, 2.05) is 6.92 Å². The van der Waals surface area contributed by atoms with E-state index in [-0.39, 0.29) is 48.4 Å². The highest BCUT2D eigenvalue weighted by Gasteiger charge is 2.40. The number of hydrogen-bond acceptors (Lipinski definition) is 4. The summed E-state index contributed by atoms with van der Waals surface area (Å²) in [6.45, 7) is 5.07. The Morgan fingerprint density at radius 3 is 2.34 bits per heavy atom. The number of aromatic hydroxyl groups is 1. The molecular weight excluding hydrogens is 463 g/mol. The number of rotatable bonds is 10. The predicted octanol–water partition coefficient (Wildman–Crippen LogP) is 5.18. The number of hydrogen-bond donors (Lipinski definition) is 3. The Kier molecular flexibility index (Phi) is 7.52. The Morgan fingerprint density at radius 1 is 1.09 bits per heavy atom. The quantitative estimate of drug-likeness (QED) is 0.362. The van der Waals surface area contributed by atoms with Crippen LogP contribution in [0.3, 0.4) is 0 Å². The Bertz CT molecular complexity index is 1250. The minimum absolute atomic E-state index is 0.0968. The second kappa shape index (κ2) is 9.91. The summed E-state index contributed by atoms with van der Waals surface area (Å²) in [5.74, 6) is -4.24. The lowest BCUT2D eigenvalue weighted by Crippen LogP contribution is -2.34. The topological polar surface area (TPSA) is 91.9 Å². The number of carboxylic acids is 1. The first-order chi connectivity index (χ1) is 16.4. The van der Waals surface area contributed by atoms with E-state index in [1.54, 1.807) is 13.8 Å². The molecule has 0 saturated heterocycles. The maximum absolute atomic E-state index is 14.5. The van der Waals surface area contributed by atoms with Crippen LogP contribution in [0.25, 0.3) is 16.6 Å². The Hall–Kier alpha value is -3.04. The molecule has 0 radical (unpaired) electrons. The van der Waals surface area contributed by atoms with Crippen LogP contribution in [0.2, 0.25) is 0 Å². The largest absolute Gasteiger partial charge is 0.507 e. The third-order valence-corrected chi connectivity index (χ3v) is 6.40. The number of carboxylic acid groups (broad SMARTS) is 1. The number of halogens is 3. The molecule has 1 aromatic heterocycles. The molecule has 0 amide bonds. The first-order valence-corrected chi connectivity index (χ1v) is 11.2. The van der Waals surface area contributed by atoms with Gasteiger partial charge in [-0.2, -0.15) is 0 Å². The summed E-state index contributed by atoms with van der Waals surface area (Å²) in [6.07, 6.45) is 0.518. The zero-order valence-electron chi connectivity index (χ0n) is 20.2. The van der Waals surface area contributed by atoms with Gasteiger partial charge in [-0.15, -0.1) is 0 Å². The number of ether oxygens (including phenoxy) is 1. The van der Waals surface area contributed by atoms with Crippen LogP contribution in [-0.4, -0.2) is 46.2 Å². The fourth-order valence-corrected chi connectivity index (χ4v) is 4.78. The summed E-state index contributed by atoms with van der Waals surface area (Å²) in [6, 6.07) is 5.39. The summed E-state index contributed by atoms with van der Waals surface area (Å²) < 4.78 is 49.6. The fraction of sp³-hybridized carbons (Fsp3) is 0.423. The molecule has 3 N–H and O–H groups in total. The van der Waals surface area contributed by atoms with Crippen LogP contribution in [0.5, 0.6) is 5.75 Å². The second-order valence-corrected chi connectivity index (χ2v) is 9.76. The fourth-order valence-electron chi connectivity index (χ4n) is 4.78. The molecule has 9 heteroatoms. The summed E-state index contributed by atoms with van der Waals surface area (Å²) in [5, 5.41) is 30.7. The lowest BCUT2D eigenvalue weighted by molar-refractivity contribution is -0.137. The third-order valence-electron chi connectivity index (χ3n) is 6.40. The number of aliphatic carboxylic acids is 1. The van der Waals surface area contributed by atoms with Crippen LogP contribution in [0, 0.1) is 17.5 Å². The molecule has 0 aliphatic heterocycles. The zero-order valence-corrected chi connectivity index (χ0v) is 20.2. The molecule has 3 aromatic rings. The van der Waals surface area contributed by atoms with E-state index in [4.69, 9.17) is 9.84 Å². The molecule has 0 aliphatic carbocycles. The normalized spacial score (nSPS) is 13.8. The van der Waals surface area contributed by atoms with Crippen molar-refractivity contribution in [2.45, 2.75) is 50.9 Å². The van der Waals surface area contributed by atoms with Gasteiger partial charge in [0.2, 0.25) is 0 Å². The van der Waals surface area contributed by atoms with Gasteiger partial charge in [0.15, 0.2) is 11.6 Å². The average Bonchev–Trinajstić information content (AvgIpc) is 3.12. The summed E-state index contributed by atoms with van der Waals surface area (Å²) in [7, 11) is 1.49. The van der Waals surface area contributed by atoms with Crippen molar-refractivity contribution in [1.82, 2.24) is 4.57 Å². The molecular formula is C26H30F3NO5. The Morgan fingerprint density at radius 2 is 1.77 bits per heavy atom. The summed E-state index contributed by atoms with van der Waals surface area (Å²) in [5.41, 5.74) is -0.557. The number of fused-ring (bicyclic) bond motifs is 1. The number of phenols is 1. The van der Waals surface area contributed by atoms with Gasteiger partial charge in [0, 0.05) is 53.3 Å². The molecule has 0 fully saturated rings. The van der Waals surface area contributed by atoms with Gasteiger partial charge < -0.3 is 24.6 Å². The number of methoxy groups -OCH3 is 1. The van der Waals surface area contributed by atoms with E-state index in [1.165, 1.54) is 23.8 Å². The van der Waals surface area contributed by atoms with Crippen molar-refractivity contribution in [2.75, 3.05) is 20.3 Å². The van der Waals surface area contributed by atoms with Gasteiger partial charge >= 0.3 is 5.97 Å². The van der Waals surface area contributed by atoms with Crippen LogP contribution in [0.1, 0.15) is 51.3 Å². The monoisotopic (exact) mass is 493 g/mol. The first kappa shape index (κ1) is 26.6. The molecule has 35 heavy (non-hydrogen) atoms. The number of aliphatic hydroxyl groups excluding tert-OH is 1. The van der Waals surface area contributed by atoms with E-state index in [2.05, 4.69) is 0 Å². The number of aromatic nitrogens is 1. The Labute approximate surface area is 201 Å². The summed E-state index contributed by atoms with van der Waals surface area (Å²) >= 11 is 0. The van der Waals surface area contributed by atoms with Crippen molar-refractivity contribution in [1.29, 1.82) is 0 Å². The minimum atomic E-state index is -1.11. The van der Waals surface area contributed by atoms with Gasteiger partial charge in [-0.3, -0.25) is 4.79 Å². The van der Waals surface area contributed by atoms with Gasteiger partial charge in [0.25, 0.3) is 0 Å². The first-order valence-electron chi connectivity index (χ1n) is 11.2. The van der Waals surface area contributed by atoms with Crippen molar-refractivity contribution in [2.24, 2.45) is 0 Å². The number of nitrogens with zero attached hydrogens (tertiary/aromatic N) is 1. The number of carbonyl (C=O) groups is 1. The van der Waals surface area contributed by atoms with Crippen LogP contribution in [-0.2, 0) is 20.4 Å². The average molecular weight is 494 g/mol. The maximum Gasteiger partial charge on any atom is 0.303 e. The predicted molar refractivity (Wildman–Crippen MR) is 126 cm³/mol. The van der Waals surface area contributed by atoms with E-state index in [0.29, 0.717) is 17.7 Å². The highest BCUT2D eigenvalue weighted by atomic mass is 19.2. The number of phenolic OH excluding ortho intramolecular Hbond substituents is 1. The molecule has 1 unspecified atom stereocenters. The minimum Gasteiger partial charge on any atom is -0.507 e. The van der Waals surface area contributed by atoms with E-state index in [0.717, 1.165) is 18.2 Å². The van der Waals surface area contributed by atoms with E-state index >= 15 is 0 Å². The molecule has 1 heterocycles. The van der Waals surface area contributed by atoms with Gasteiger partial charge in [0.05, 0.1) is 18.7 Å². The third kappa shape index (κ3) is 5.01. The second-order valence-electron chi connectivity index (χ2n) is 9.76. The van der Waals surface area contributed by atoms with Crippen LogP contribution < -0.4 is 0 Å². The van der Waals surface area contributed by atoms with Gasteiger partial charge in [-0.25, -0.2) is 13.2 Å². The highest BCUT2D eigenvalue weighted by Crippen LogP contribution is 2.48. The van der Waals surface area contributed by atoms with Crippen molar-refractivity contribution in [3.8, 4) is 11.4 Å². The molecule has 0 bridgehead atoms. The van der Waals surface area contributed by atoms with Crippen molar-refractivity contribution in [3.05, 3.63) is 59.0 Å². The molecule has 2 aromatic carbocycles. The van der Waals surface area contributed by atoms with Gasteiger partial charge in [0.1, 0.15) is 11.6 Å². The van der Waals surface area contributed by atoms with Crippen LogP contribution >= 0.6 is 0 Å². The molecule has 3 rings (SSSR count). The van der Waals surface area contributed by atoms with Gasteiger partial charge in [-0.1, -0.05) is 20.8 Å². The molecule has 0 aliphatic rings. The lowest BCUT2D eigenvalue weighted by Gasteiger charge is -2.35. The van der Waals surface area contributed by atoms with Gasteiger partial charge in [-0.05, 0) is 36.6 Å². The molecule has 1 atom stereocenters. The zero-order chi connectivity index (χ0) is 26.1. The van der Waals surface area contributed by atoms with Crippen molar-refractivity contribution >= 4 is 16.9 Å². The number of aliphatic hydroxyl groups is 1. The van der Waals surface area contributed by atoms with E-state index < -0.39 is 34.3 Å². The standard InChI is InChI=1S/C26H30F3NO5/c1-25(2,13-31)24-23(26(3,14-35-4)9-5-6-21(33)34)22-19(10-15(27)11-20(22)32)30(24)16-7-8-17(28)18(29)12-16/h7-8,10-12,31-32H,5-6,9,13-14H2,1-4H3,(H,33,34).